The van der Waals surface area contributed by atoms with Crippen LogP contribution in [-0.4, -0.2) is 45.1 Å². The summed E-state index contributed by atoms with van der Waals surface area (Å²) in [6, 6.07) is 14.3. The minimum Gasteiger partial charge on any atom is -0.459 e. The number of nitrogens with one attached hydrogen (secondary N) is 1. The summed E-state index contributed by atoms with van der Waals surface area (Å²) in [7, 11) is 0. The summed E-state index contributed by atoms with van der Waals surface area (Å²) in [5, 5.41) is 8.04. The first-order valence-electron chi connectivity index (χ1n) is 12.0. The number of aromatic nitrogens is 3. The van der Waals surface area contributed by atoms with E-state index in [-0.39, 0.29) is 18.6 Å². The summed E-state index contributed by atoms with van der Waals surface area (Å²) in [6.07, 6.45) is 7.12. The lowest BCUT2D eigenvalue weighted by atomic mass is 10.1. The molecule has 36 heavy (non-hydrogen) atoms. The third-order valence-electron chi connectivity index (χ3n) is 5.72. The maximum absolute atomic E-state index is 12.4. The van der Waals surface area contributed by atoms with Crippen molar-refractivity contribution in [3.05, 3.63) is 77.7 Å². The molecule has 0 fully saturated rings. The Morgan fingerprint density at radius 2 is 1.89 bits per heavy atom. The highest BCUT2D eigenvalue weighted by atomic mass is 16.6. The van der Waals surface area contributed by atoms with Crippen LogP contribution in [0.25, 0.3) is 17.0 Å². The molecule has 3 aromatic rings. The summed E-state index contributed by atoms with van der Waals surface area (Å²) < 4.78 is 7.04. The summed E-state index contributed by atoms with van der Waals surface area (Å²) in [5.41, 5.74) is 5.17. The number of hydrogen-bond acceptors (Lipinski definition) is 5. The molecule has 0 aliphatic heterocycles. The fourth-order valence-electron chi connectivity index (χ4n) is 4.18. The summed E-state index contributed by atoms with van der Waals surface area (Å²) in [6.45, 7) is 11.1. The second kappa shape index (κ2) is 10.7. The molecular weight excluding hydrogens is 452 g/mol. The van der Waals surface area contributed by atoms with Crippen LogP contribution in [0.3, 0.4) is 0 Å². The van der Waals surface area contributed by atoms with Gasteiger partial charge in [-0.05, 0) is 76.1 Å². The Hall–Kier alpha value is -4.07. The highest BCUT2D eigenvalue weighted by Gasteiger charge is 2.22. The van der Waals surface area contributed by atoms with Crippen molar-refractivity contribution < 1.29 is 9.53 Å². The average molecular weight is 485 g/mol. The van der Waals surface area contributed by atoms with Crippen LogP contribution in [0.15, 0.2) is 71.0 Å². The van der Waals surface area contributed by atoms with E-state index in [2.05, 4.69) is 56.4 Å². The number of benzene rings is 1. The second-order valence-electron chi connectivity index (χ2n) is 9.83. The van der Waals surface area contributed by atoms with Crippen LogP contribution in [0.1, 0.15) is 44.4 Å². The van der Waals surface area contributed by atoms with Crippen molar-refractivity contribution >= 4 is 24.2 Å². The molecule has 186 valence electrons. The van der Waals surface area contributed by atoms with Crippen LogP contribution in [0.5, 0.6) is 0 Å². The minimum absolute atomic E-state index is 0.00307. The number of hydrogen-bond donors (Lipinski definition) is 1. The van der Waals surface area contributed by atoms with Gasteiger partial charge in [0.05, 0.1) is 5.69 Å². The number of fused-ring (bicyclic) bond motifs is 1. The fourth-order valence-corrected chi connectivity index (χ4v) is 4.18. The molecule has 0 unspecified atom stereocenters. The van der Waals surface area contributed by atoms with Gasteiger partial charge in [0.25, 0.3) is 0 Å². The summed E-state index contributed by atoms with van der Waals surface area (Å²) in [4.78, 5) is 25.5. The molecule has 0 spiro atoms. The molecule has 2 aromatic heterocycles. The zero-order valence-corrected chi connectivity index (χ0v) is 21.2. The SMILES string of the molecule is C=N/C(=N\C=C(/C)c1cn(CC(=O)OC(C)(C)C)nc1-c1ccccn1)NC1Cc2ccccc2C1. The molecule has 2 heterocycles. The van der Waals surface area contributed by atoms with E-state index < -0.39 is 5.60 Å². The van der Waals surface area contributed by atoms with Gasteiger partial charge in [0.2, 0.25) is 5.96 Å². The number of rotatable bonds is 6. The van der Waals surface area contributed by atoms with Crippen molar-refractivity contribution in [1.29, 1.82) is 0 Å². The van der Waals surface area contributed by atoms with Gasteiger partial charge >= 0.3 is 5.97 Å². The monoisotopic (exact) mass is 484 g/mol. The Morgan fingerprint density at radius 3 is 2.50 bits per heavy atom. The normalized spacial score (nSPS) is 14.4. The maximum atomic E-state index is 12.4. The molecule has 4 rings (SSSR count). The Bertz CT molecular complexity index is 1280. The van der Waals surface area contributed by atoms with Crippen molar-refractivity contribution in [3.63, 3.8) is 0 Å². The lowest BCUT2D eigenvalue weighted by Gasteiger charge is -2.19. The van der Waals surface area contributed by atoms with Crippen LogP contribution in [-0.2, 0) is 28.9 Å². The molecular formula is C28H32N6O2. The standard InChI is InChI=1S/C28H32N6O2/c1-19(16-31-27(29-5)32-22-14-20-10-6-7-11-21(20)15-22)23-17-34(18-25(35)36-28(2,3)4)33-26(23)24-12-8-9-13-30-24/h6-13,16-17,22H,5,14-15,18H2,1-4H3,(H,31,32)/b19-16+. The van der Waals surface area contributed by atoms with Crippen molar-refractivity contribution in [2.24, 2.45) is 9.98 Å². The molecule has 8 heteroatoms. The largest absolute Gasteiger partial charge is 0.459 e. The Balaban J connectivity index is 1.56. The Kier molecular flexibility index (Phi) is 7.43. The molecule has 0 bridgehead atoms. The molecule has 0 atom stereocenters. The van der Waals surface area contributed by atoms with Gasteiger partial charge in [0.1, 0.15) is 17.8 Å². The van der Waals surface area contributed by atoms with E-state index in [1.165, 1.54) is 11.1 Å². The average Bonchev–Trinajstić information content (AvgIpc) is 3.44. The van der Waals surface area contributed by atoms with E-state index in [1.54, 1.807) is 17.1 Å². The predicted octanol–water partition coefficient (Wildman–Crippen LogP) is 4.46. The zero-order valence-electron chi connectivity index (χ0n) is 21.2. The van der Waals surface area contributed by atoms with E-state index in [4.69, 9.17) is 4.74 Å². The lowest BCUT2D eigenvalue weighted by molar-refractivity contribution is -0.155. The molecule has 1 aliphatic carbocycles. The molecule has 1 N–H and O–H groups in total. The van der Waals surface area contributed by atoms with Crippen molar-refractivity contribution in [2.45, 2.75) is 58.7 Å². The fraction of sp³-hybridized carbons (Fsp3) is 0.321. The van der Waals surface area contributed by atoms with E-state index >= 15 is 0 Å². The molecule has 0 saturated heterocycles. The first kappa shape index (κ1) is 25.0. The first-order chi connectivity index (χ1) is 17.2. The number of guanidine groups is 1. The van der Waals surface area contributed by atoms with Crippen LogP contribution in [0.4, 0.5) is 0 Å². The van der Waals surface area contributed by atoms with Crippen LogP contribution >= 0.6 is 0 Å². The van der Waals surface area contributed by atoms with Crippen LogP contribution < -0.4 is 5.32 Å². The maximum Gasteiger partial charge on any atom is 0.328 e. The third-order valence-corrected chi connectivity index (χ3v) is 5.72. The molecule has 0 saturated carbocycles. The van der Waals surface area contributed by atoms with Gasteiger partial charge in [0.15, 0.2) is 0 Å². The van der Waals surface area contributed by atoms with Crippen LogP contribution in [0, 0.1) is 0 Å². The number of nitrogens with zero attached hydrogens (tertiary/aromatic N) is 5. The highest BCUT2D eigenvalue weighted by Crippen LogP contribution is 2.27. The van der Waals surface area contributed by atoms with E-state index in [0.29, 0.717) is 17.3 Å². The van der Waals surface area contributed by atoms with Crippen molar-refractivity contribution in [2.75, 3.05) is 0 Å². The van der Waals surface area contributed by atoms with Gasteiger partial charge in [0, 0.05) is 30.2 Å². The van der Waals surface area contributed by atoms with E-state index in [0.717, 1.165) is 24.0 Å². The molecule has 1 aromatic carbocycles. The first-order valence-corrected chi connectivity index (χ1v) is 12.0. The highest BCUT2D eigenvalue weighted by molar-refractivity contribution is 5.86. The van der Waals surface area contributed by atoms with Crippen molar-refractivity contribution in [1.82, 2.24) is 20.1 Å². The van der Waals surface area contributed by atoms with Crippen molar-refractivity contribution in [3.8, 4) is 11.4 Å². The topological polar surface area (TPSA) is 93.8 Å². The van der Waals surface area contributed by atoms with E-state index in [1.807, 2.05) is 52.1 Å². The number of ether oxygens (including phenoxy) is 1. The van der Waals surface area contributed by atoms with Crippen LogP contribution in [0.2, 0.25) is 0 Å². The molecule has 0 amide bonds. The lowest BCUT2D eigenvalue weighted by Crippen LogP contribution is -2.34. The molecule has 1 aliphatic rings. The van der Waals surface area contributed by atoms with Gasteiger partial charge in [-0.3, -0.25) is 14.5 Å². The number of aliphatic imine (C=N–C) groups is 2. The number of esters is 1. The number of carbonyl (C=O) groups is 1. The smallest absolute Gasteiger partial charge is 0.328 e. The summed E-state index contributed by atoms with van der Waals surface area (Å²) in [5.74, 6) is 0.108. The van der Waals surface area contributed by atoms with Gasteiger partial charge < -0.3 is 10.1 Å². The zero-order chi connectivity index (χ0) is 25.7. The Labute approximate surface area is 211 Å². The predicted molar refractivity (Wildman–Crippen MR) is 143 cm³/mol. The third kappa shape index (κ3) is 6.33. The molecule has 0 radical (unpaired) electrons. The van der Waals surface area contributed by atoms with Gasteiger partial charge in [-0.2, -0.15) is 5.10 Å². The van der Waals surface area contributed by atoms with Gasteiger partial charge in [-0.15, -0.1) is 0 Å². The minimum atomic E-state index is -0.566. The number of carbonyl (C=O) groups excluding carboxylic acids is 1. The number of pyridine rings is 1. The summed E-state index contributed by atoms with van der Waals surface area (Å²) >= 11 is 0. The molecule has 8 nitrogen and oxygen atoms in total. The van der Waals surface area contributed by atoms with Gasteiger partial charge in [-0.1, -0.05) is 30.3 Å². The Morgan fingerprint density at radius 1 is 1.19 bits per heavy atom. The quantitative estimate of drug-likeness (QED) is 0.317. The number of allylic oxidation sites excluding steroid dienone is 1. The second-order valence-corrected chi connectivity index (χ2v) is 9.83. The van der Waals surface area contributed by atoms with E-state index in [9.17, 15) is 4.79 Å². The van der Waals surface area contributed by atoms with Gasteiger partial charge in [-0.25, -0.2) is 9.98 Å².